The molecule has 4 aromatic carbocycles. The summed E-state index contributed by atoms with van der Waals surface area (Å²) >= 11 is 2.86. The van der Waals surface area contributed by atoms with Crippen LogP contribution in [-0.4, -0.2) is 35.5 Å². The first-order chi connectivity index (χ1) is 28.4. The Labute approximate surface area is 355 Å². The second-order valence-corrected chi connectivity index (χ2v) is 17.8. The number of hydrogen-bond acceptors (Lipinski definition) is 8. The van der Waals surface area contributed by atoms with Crippen LogP contribution >= 0.6 is 23.1 Å². The van der Waals surface area contributed by atoms with Crippen LogP contribution in [0.25, 0.3) is 6.08 Å². The average Bonchev–Trinajstić information content (AvgIpc) is 3.60. The lowest BCUT2D eigenvalue weighted by atomic mass is 9.72. The number of nitrogens with one attached hydrogen (secondary N) is 3. The second-order valence-electron chi connectivity index (χ2n) is 15.4. The lowest BCUT2D eigenvalue weighted by Gasteiger charge is -2.33. The zero-order chi connectivity index (χ0) is 41.9. The van der Waals surface area contributed by atoms with E-state index in [1.54, 1.807) is 55.5 Å². The van der Waals surface area contributed by atoms with Gasteiger partial charge in [-0.05, 0) is 109 Å². The maximum Gasteiger partial charge on any atom is 0.341 e. The molecule has 0 saturated heterocycles. The second kappa shape index (κ2) is 19.9. The van der Waals surface area contributed by atoms with Gasteiger partial charge in [-0.15, -0.1) is 23.1 Å². The number of fused-ring (bicyclic) bond motifs is 1. The van der Waals surface area contributed by atoms with Gasteiger partial charge in [-0.2, -0.15) is 0 Å². The molecule has 1 aromatic heterocycles. The maximum absolute atomic E-state index is 13.9. The maximum atomic E-state index is 13.9. The molecular formula is C48H51N3O6S2. The summed E-state index contributed by atoms with van der Waals surface area (Å²) in [6.45, 7) is 11.1. The minimum atomic E-state index is -0.521. The van der Waals surface area contributed by atoms with Crippen LogP contribution in [0.2, 0.25) is 0 Å². The number of thioether (sulfide) groups is 1. The molecule has 3 N–H and O–H groups in total. The number of ether oxygens (including phenoxy) is 2. The van der Waals surface area contributed by atoms with Crippen molar-refractivity contribution in [2.75, 3.05) is 17.2 Å². The van der Waals surface area contributed by atoms with Crippen LogP contribution in [0.5, 0.6) is 5.75 Å². The molecule has 2 unspecified atom stereocenters. The van der Waals surface area contributed by atoms with Crippen LogP contribution in [-0.2, 0) is 33.8 Å². The average molecular weight is 830 g/mol. The SMILES string of the molecule is CCOC(=O)c1c(NC(=O)C(CC)Sc2cccc(NC(=O)/C(=C\c3ccc(OCc4ccccc4)cc3)NC(=O)c3ccccc3)c2)sc2c1CCC(C(C)(C)C)C2. The third-order valence-electron chi connectivity index (χ3n) is 10.2. The first-order valence-corrected chi connectivity index (χ1v) is 21.7. The van der Waals surface area contributed by atoms with Gasteiger partial charge >= 0.3 is 5.97 Å². The molecule has 2 atom stereocenters. The fraction of sp³-hybridized carbons (Fsp3) is 0.292. The summed E-state index contributed by atoms with van der Waals surface area (Å²) in [7, 11) is 0. The van der Waals surface area contributed by atoms with E-state index in [2.05, 4.69) is 36.7 Å². The molecule has 59 heavy (non-hydrogen) atoms. The number of hydrogen-bond donors (Lipinski definition) is 3. The smallest absolute Gasteiger partial charge is 0.341 e. The van der Waals surface area contributed by atoms with Crippen molar-refractivity contribution in [3.8, 4) is 5.75 Å². The standard InChI is InChI=1S/C48H51N3O6S2/c1-6-40(45(54)51-46-42(47(55)56-7-2)38-26-23-34(48(3,4)5)28-41(38)59-46)58-37-20-14-19-35(29-37)49-44(53)39(50-43(52)33-17-12-9-13-18-33)27-31-21-24-36(25-22-31)57-30-32-15-10-8-11-16-32/h8-22,24-25,27,29,34,40H,6-7,23,26,28,30H2,1-5H3,(H,49,53)(H,50,52)(H,51,54)/b39-27+. The van der Waals surface area contributed by atoms with Crippen LogP contribution in [0.1, 0.15) is 89.7 Å². The molecule has 1 aliphatic rings. The Hall–Kier alpha value is -5.65. The number of carbonyl (C=O) groups is 4. The molecule has 5 aromatic rings. The Morgan fingerprint density at radius 2 is 1.59 bits per heavy atom. The van der Waals surface area contributed by atoms with E-state index in [9.17, 15) is 19.2 Å². The topological polar surface area (TPSA) is 123 Å². The molecule has 11 heteroatoms. The lowest BCUT2D eigenvalue weighted by molar-refractivity contribution is -0.116. The van der Waals surface area contributed by atoms with Crippen LogP contribution in [0, 0.1) is 11.3 Å². The van der Waals surface area contributed by atoms with Crippen LogP contribution in [0.15, 0.2) is 120 Å². The van der Waals surface area contributed by atoms with Gasteiger partial charge in [-0.3, -0.25) is 14.4 Å². The summed E-state index contributed by atoms with van der Waals surface area (Å²) in [6.07, 6.45) is 4.74. The molecule has 6 rings (SSSR count). The Bertz CT molecular complexity index is 2280. The van der Waals surface area contributed by atoms with E-state index in [0.717, 1.165) is 40.2 Å². The highest BCUT2D eigenvalue weighted by molar-refractivity contribution is 8.00. The summed E-state index contributed by atoms with van der Waals surface area (Å²) in [5.41, 5.74) is 4.28. The first kappa shape index (κ1) is 42.9. The molecule has 9 nitrogen and oxygen atoms in total. The monoisotopic (exact) mass is 829 g/mol. The highest BCUT2D eigenvalue weighted by Gasteiger charge is 2.35. The summed E-state index contributed by atoms with van der Waals surface area (Å²) in [4.78, 5) is 56.2. The molecule has 1 aliphatic carbocycles. The van der Waals surface area contributed by atoms with Gasteiger partial charge in [-0.25, -0.2) is 4.79 Å². The molecule has 0 fully saturated rings. The van der Waals surface area contributed by atoms with Crippen LogP contribution in [0.3, 0.4) is 0 Å². The molecule has 0 radical (unpaired) electrons. The highest BCUT2D eigenvalue weighted by atomic mass is 32.2. The van der Waals surface area contributed by atoms with Crippen molar-refractivity contribution in [1.82, 2.24) is 5.32 Å². The van der Waals surface area contributed by atoms with E-state index in [-0.39, 0.29) is 23.6 Å². The van der Waals surface area contributed by atoms with Crippen molar-refractivity contribution in [1.29, 1.82) is 0 Å². The number of rotatable bonds is 15. The third kappa shape index (κ3) is 11.5. The minimum Gasteiger partial charge on any atom is -0.489 e. The minimum absolute atomic E-state index is 0.0468. The summed E-state index contributed by atoms with van der Waals surface area (Å²) in [6, 6.07) is 33.1. The van der Waals surface area contributed by atoms with E-state index < -0.39 is 23.0 Å². The van der Waals surface area contributed by atoms with Gasteiger partial charge in [0.2, 0.25) is 5.91 Å². The number of anilines is 2. The molecule has 306 valence electrons. The van der Waals surface area contributed by atoms with Gasteiger partial charge in [0.15, 0.2) is 0 Å². The molecule has 0 spiro atoms. The van der Waals surface area contributed by atoms with Crippen molar-refractivity contribution in [3.63, 3.8) is 0 Å². The molecule has 0 bridgehead atoms. The number of benzene rings is 4. The molecular weight excluding hydrogens is 779 g/mol. The van der Waals surface area contributed by atoms with Crippen molar-refractivity contribution in [2.24, 2.45) is 11.3 Å². The van der Waals surface area contributed by atoms with E-state index in [1.165, 1.54) is 23.1 Å². The van der Waals surface area contributed by atoms with E-state index in [4.69, 9.17) is 9.47 Å². The van der Waals surface area contributed by atoms with Crippen LogP contribution in [0.4, 0.5) is 10.7 Å². The summed E-state index contributed by atoms with van der Waals surface area (Å²) < 4.78 is 11.4. The molecule has 1 heterocycles. The zero-order valence-electron chi connectivity index (χ0n) is 34.1. The Morgan fingerprint density at radius 3 is 2.27 bits per heavy atom. The van der Waals surface area contributed by atoms with E-state index in [1.807, 2.05) is 73.7 Å². The van der Waals surface area contributed by atoms with Gasteiger partial charge in [0.05, 0.1) is 17.4 Å². The van der Waals surface area contributed by atoms with E-state index >= 15 is 0 Å². The normalized spacial score (nSPS) is 14.4. The van der Waals surface area contributed by atoms with Crippen molar-refractivity contribution in [2.45, 2.75) is 77.1 Å². The Balaban J connectivity index is 1.16. The number of esters is 1. The first-order valence-electron chi connectivity index (χ1n) is 20.0. The van der Waals surface area contributed by atoms with Crippen molar-refractivity contribution in [3.05, 3.63) is 148 Å². The summed E-state index contributed by atoms with van der Waals surface area (Å²) in [5, 5.41) is 8.88. The van der Waals surface area contributed by atoms with Crippen molar-refractivity contribution >= 4 is 63.6 Å². The highest BCUT2D eigenvalue weighted by Crippen LogP contribution is 2.45. The quantitative estimate of drug-likeness (QED) is 0.0545. The number of thiophene rings is 1. The number of amides is 3. The fourth-order valence-corrected chi connectivity index (χ4v) is 9.20. The molecule has 3 amide bonds. The van der Waals surface area contributed by atoms with Gasteiger partial charge in [0, 0.05) is 21.0 Å². The Morgan fingerprint density at radius 1 is 0.881 bits per heavy atom. The predicted octanol–water partition coefficient (Wildman–Crippen LogP) is 10.6. The number of carbonyl (C=O) groups excluding carboxylic acids is 4. The van der Waals surface area contributed by atoms with Gasteiger partial charge in [0.25, 0.3) is 11.8 Å². The van der Waals surface area contributed by atoms with Crippen molar-refractivity contribution < 1.29 is 28.7 Å². The fourth-order valence-electron chi connectivity index (χ4n) is 6.87. The van der Waals surface area contributed by atoms with Gasteiger partial charge in [0.1, 0.15) is 23.1 Å². The largest absolute Gasteiger partial charge is 0.489 e. The zero-order valence-corrected chi connectivity index (χ0v) is 35.8. The Kier molecular flexibility index (Phi) is 14.5. The molecule has 0 aliphatic heterocycles. The van der Waals surface area contributed by atoms with Gasteiger partial charge < -0.3 is 25.4 Å². The summed E-state index contributed by atoms with van der Waals surface area (Å²) in [5.74, 6) is -0.426. The predicted molar refractivity (Wildman–Crippen MR) is 238 cm³/mol. The van der Waals surface area contributed by atoms with E-state index in [0.29, 0.717) is 52.1 Å². The van der Waals surface area contributed by atoms with Gasteiger partial charge in [-0.1, -0.05) is 94.4 Å². The molecule has 0 saturated carbocycles. The third-order valence-corrected chi connectivity index (χ3v) is 12.7. The lowest BCUT2D eigenvalue weighted by Crippen LogP contribution is -2.30. The van der Waals surface area contributed by atoms with Crippen LogP contribution < -0.4 is 20.7 Å².